The molecule has 9 nitrogen and oxygen atoms in total. The minimum Gasteiger partial charge on any atom is -0.336 e. The minimum atomic E-state index is -0.835. The SMILES string of the molecule is CC1CCCCC12NC(=O)N(CC(=O)N1CCNCC1c1nccn1C)C2=O.Cl. The van der Waals surface area contributed by atoms with E-state index in [4.69, 9.17) is 0 Å². The molecule has 3 atom stereocenters. The monoisotopic (exact) mass is 424 g/mol. The number of hydrogen-bond acceptors (Lipinski definition) is 5. The summed E-state index contributed by atoms with van der Waals surface area (Å²) in [4.78, 5) is 46.0. The van der Waals surface area contributed by atoms with Crippen LogP contribution in [-0.4, -0.2) is 68.9 Å². The first kappa shape index (κ1) is 21.6. The van der Waals surface area contributed by atoms with E-state index >= 15 is 0 Å². The van der Waals surface area contributed by atoms with Crippen molar-refractivity contribution in [3.8, 4) is 0 Å². The van der Waals surface area contributed by atoms with Crippen LogP contribution in [-0.2, 0) is 16.6 Å². The average Bonchev–Trinajstić information content (AvgIpc) is 3.21. The maximum absolute atomic E-state index is 13.1. The quantitative estimate of drug-likeness (QED) is 0.700. The number of aryl methyl sites for hydroxylation is 1. The molecule has 2 N–H and O–H groups in total. The molecule has 1 aliphatic carbocycles. The Hall–Kier alpha value is -2.13. The Morgan fingerprint density at radius 1 is 1.34 bits per heavy atom. The van der Waals surface area contributed by atoms with Crippen LogP contribution in [0, 0.1) is 5.92 Å². The maximum atomic E-state index is 13.1. The third-order valence-corrected chi connectivity index (χ3v) is 6.52. The summed E-state index contributed by atoms with van der Waals surface area (Å²) < 4.78 is 1.89. The van der Waals surface area contributed by atoms with Gasteiger partial charge in [-0.2, -0.15) is 0 Å². The molecule has 3 fully saturated rings. The van der Waals surface area contributed by atoms with Crippen molar-refractivity contribution in [1.82, 2.24) is 30.0 Å². The fourth-order valence-corrected chi connectivity index (χ4v) is 4.80. The molecule has 0 radical (unpaired) electrons. The lowest BCUT2D eigenvalue weighted by Crippen LogP contribution is -2.55. The molecule has 4 amide bonds. The van der Waals surface area contributed by atoms with Crippen molar-refractivity contribution in [2.24, 2.45) is 13.0 Å². The third kappa shape index (κ3) is 3.61. The molecular formula is C19H29ClN6O3. The fraction of sp³-hybridized carbons (Fsp3) is 0.684. The minimum absolute atomic E-state index is 0. The molecule has 1 spiro atoms. The Labute approximate surface area is 176 Å². The van der Waals surface area contributed by atoms with E-state index in [0.717, 1.165) is 30.0 Å². The van der Waals surface area contributed by atoms with E-state index in [2.05, 4.69) is 15.6 Å². The van der Waals surface area contributed by atoms with E-state index < -0.39 is 11.6 Å². The van der Waals surface area contributed by atoms with Gasteiger partial charge in [0.25, 0.3) is 5.91 Å². The van der Waals surface area contributed by atoms with Gasteiger partial charge >= 0.3 is 6.03 Å². The van der Waals surface area contributed by atoms with Gasteiger partial charge < -0.3 is 20.1 Å². The number of halogens is 1. The van der Waals surface area contributed by atoms with Gasteiger partial charge in [0.15, 0.2) is 0 Å². The van der Waals surface area contributed by atoms with Gasteiger partial charge in [-0.3, -0.25) is 14.5 Å². The number of aromatic nitrogens is 2. The van der Waals surface area contributed by atoms with Crippen LogP contribution < -0.4 is 10.6 Å². The second-order valence-electron chi connectivity index (χ2n) is 8.14. The number of carbonyl (C=O) groups is 3. The van der Waals surface area contributed by atoms with Crippen molar-refractivity contribution in [2.75, 3.05) is 26.2 Å². The standard InChI is InChI=1S/C19H28N6O3.ClH/c1-13-5-3-4-6-19(13)17(27)25(18(28)22-19)12-15(26)24-10-7-20-11-14(24)16-21-8-9-23(16)2;/h8-9,13-14,20H,3-7,10-12H2,1-2H3,(H,22,28);1H. The van der Waals surface area contributed by atoms with Gasteiger partial charge in [-0.1, -0.05) is 19.8 Å². The molecule has 0 bridgehead atoms. The van der Waals surface area contributed by atoms with Gasteiger partial charge in [-0.25, -0.2) is 9.78 Å². The summed E-state index contributed by atoms with van der Waals surface area (Å²) in [6, 6.07) is -0.666. The molecule has 3 aliphatic rings. The Bertz CT molecular complexity index is 799. The van der Waals surface area contributed by atoms with E-state index in [1.54, 1.807) is 11.1 Å². The molecule has 3 heterocycles. The van der Waals surface area contributed by atoms with Crippen LogP contribution in [0.15, 0.2) is 12.4 Å². The average molecular weight is 425 g/mol. The summed E-state index contributed by atoms with van der Waals surface area (Å²) in [5.41, 5.74) is -0.835. The highest BCUT2D eigenvalue weighted by Crippen LogP contribution is 2.38. The number of rotatable bonds is 3. The van der Waals surface area contributed by atoms with Gasteiger partial charge in [0, 0.05) is 39.1 Å². The highest BCUT2D eigenvalue weighted by Gasteiger charge is 2.55. The van der Waals surface area contributed by atoms with Crippen LogP contribution >= 0.6 is 12.4 Å². The smallest absolute Gasteiger partial charge is 0.325 e. The molecule has 2 saturated heterocycles. The zero-order chi connectivity index (χ0) is 19.9. The van der Waals surface area contributed by atoms with Gasteiger partial charge in [-0.05, 0) is 18.8 Å². The summed E-state index contributed by atoms with van der Waals surface area (Å²) >= 11 is 0. The van der Waals surface area contributed by atoms with Gasteiger partial charge in [0.1, 0.15) is 23.9 Å². The first-order valence-corrected chi connectivity index (χ1v) is 10.1. The van der Waals surface area contributed by atoms with Crippen LogP contribution in [0.2, 0.25) is 0 Å². The molecule has 10 heteroatoms. The summed E-state index contributed by atoms with van der Waals surface area (Å²) in [7, 11) is 1.89. The van der Waals surface area contributed by atoms with Crippen LogP contribution in [0.3, 0.4) is 0 Å². The molecule has 3 unspecified atom stereocenters. The molecule has 0 aromatic carbocycles. The zero-order valence-corrected chi connectivity index (χ0v) is 17.7. The molecule has 1 aromatic rings. The predicted molar refractivity (Wildman–Crippen MR) is 108 cm³/mol. The number of amides is 4. The highest BCUT2D eigenvalue weighted by molar-refractivity contribution is 6.09. The number of nitrogens with one attached hydrogen (secondary N) is 2. The van der Waals surface area contributed by atoms with E-state index in [1.807, 2.05) is 24.7 Å². The van der Waals surface area contributed by atoms with E-state index in [-0.39, 0.29) is 42.7 Å². The number of urea groups is 1. The van der Waals surface area contributed by atoms with Crippen molar-refractivity contribution in [2.45, 2.75) is 44.2 Å². The predicted octanol–water partition coefficient (Wildman–Crippen LogP) is 0.816. The van der Waals surface area contributed by atoms with E-state index in [0.29, 0.717) is 26.1 Å². The van der Waals surface area contributed by atoms with Crippen molar-refractivity contribution >= 4 is 30.3 Å². The van der Waals surface area contributed by atoms with Crippen LogP contribution in [0.5, 0.6) is 0 Å². The Balaban J connectivity index is 0.00000240. The van der Waals surface area contributed by atoms with E-state index in [1.165, 1.54) is 0 Å². The summed E-state index contributed by atoms with van der Waals surface area (Å²) in [6.45, 7) is 3.57. The lowest BCUT2D eigenvalue weighted by molar-refractivity contribution is -0.142. The lowest BCUT2D eigenvalue weighted by atomic mass is 9.73. The molecule has 29 heavy (non-hydrogen) atoms. The molecule has 160 valence electrons. The van der Waals surface area contributed by atoms with Gasteiger partial charge in [-0.15, -0.1) is 12.4 Å². The molecule has 1 saturated carbocycles. The first-order chi connectivity index (χ1) is 13.4. The van der Waals surface area contributed by atoms with Gasteiger partial charge in [0.2, 0.25) is 5.91 Å². The third-order valence-electron chi connectivity index (χ3n) is 6.52. The van der Waals surface area contributed by atoms with Crippen molar-refractivity contribution < 1.29 is 14.4 Å². The lowest BCUT2D eigenvalue weighted by Gasteiger charge is -2.37. The van der Waals surface area contributed by atoms with Crippen LogP contribution in [0.4, 0.5) is 4.79 Å². The summed E-state index contributed by atoms with van der Waals surface area (Å²) in [6.07, 6.45) is 7.09. The maximum Gasteiger partial charge on any atom is 0.325 e. The number of imide groups is 1. The number of carbonyl (C=O) groups excluding carboxylic acids is 3. The Morgan fingerprint density at radius 2 is 2.14 bits per heavy atom. The molecule has 1 aromatic heterocycles. The van der Waals surface area contributed by atoms with E-state index in [9.17, 15) is 14.4 Å². The second-order valence-corrected chi connectivity index (χ2v) is 8.14. The Kier molecular flexibility index (Phi) is 6.19. The number of imidazole rings is 1. The van der Waals surface area contributed by atoms with Crippen LogP contribution in [0.1, 0.15) is 44.5 Å². The number of hydrogen-bond donors (Lipinski definition) is 2. The van der Waals surface area contributed by atoms with Crippen molar-refractivity contribution in [1.29, 1.82) is 0 Å². The second kappa shape index (κ2) is 8.31. The van der Waals surface area contributed by atoms with Gasteiger partial charge in [0.05, 0.1) is 0 Å². The number of nitrogens with zero attached hydrogens (tertiary/aromatic N) is 4. The molecular weight excluding hydrogens is 396 g/mol. The topological polar surface area (TPSA) is 99.6 Å². The largest absolute Gasteiger partial charge is 0.336 e. The Morgan fingerprint density at radius 3 is 2.83 bits per heavy atom. The first-order valence-electron chi connectivity index (χ1n) is 10.1. The zero-order valence-electron chi connectivity index (χ0n) is 16.9. The van der Waals surface area contributed by atoms with Crippen LogP contribution in [0.25, 0.3) is 0 Å². The normalized spacial score (nSPS) is 29.7. The van der Waals surface area contributed by atoms with Crippen molar-refractivity contribution in [3.05, 3.63) is 18.2 Å². The number of piperazine rings is 1. The molecule has 4 rings (SSSR count). The highest BCUT2D eigenvalue weighted by atomic mass is 35.5. The molecule has 2 aliphatic heterocycles. The fourth-order valence-electron chi connectivity index (χ4n) is 4.80. The van der Waals surface area contributed by atoms with Crippen molar-refractivity contribution in [3.63, 3.8) is 0 Å². The summed E-state index contributed by atoms with van der Waals surface area (Å²) in [5.74, 6) is 0.396. The summed E-state index contributed by atoms with van der Waals surface area (Å²) in [5, 5.41) is 6.20.